The van der Waals surface area contributed by atoms with Gasteiger partial charge in [0.2, 0.25) is 5.91 Å². The second-order valence-electron chi connectivity index (χ2n) is 3.24. The maximum atomic E-state index is 11.4. The molecule has 0 aromatic rings. The van der Waals surface area contributed by atoms with E-state index in [2.05, 4.69) is 0 Å². The van der Waals surface area contributed by atoms with Crippen LogP contribution in [0, 0.1) is 5.92 Å². The monoisotopic (exact) mass is 174 g/mol. The Morgan fingerprint density at radius 3 is 2.83 bits per heavy atom. The van der Waals surface area contributed by atoms with Crippen LogP contribution in [0.4, 0.5) is 0 Å². The number of methoxy groups -OCH3 is 1. The molecule has 72 valence electrons. The molecule has 1 aliphatic heterocycles. The number of amides is 1. The van der Waals surface area contributed by atoms with Crippen LogP contribution in [0.5, 0.6) is 0 Å². The van der Waals surface area contributed by atoms with E-state index in [1.54, 1.807) is 12.0 Å². The van der Waals surface area contributed by atoms with Gasteiger partial charge in [0.25, 0.3) is 0 Å². The van der Waals surface area contributed by atoms with Crippen molar-refractivity contribution >= 4 is 5.91 Å². The van der Waals surface area contributed by atoms with Crippen molar-refractivity contribution in [3.05, 3.63) is 0 Å². The fraction of sp³-hybridized carbons (Fsp3) is 0.875. The summed E-state index contributed by atoms with van der Waals surface area (Å²) in [5.41, 5.74) is 5.38. The molecule has 0 aromatic carbocycles. The maximum Gasteiger partial charge on any atom is 0.226 e. The molecule has 1 fully saturated rings. The number of nitrogens with zero attached hydrogens (tertiary/aromatic N) is 1. The SMILES string of the molecule is COC1CN(C(=O)C(C)CN)C1.[HH]. The van der Waals surface area contributed by atoms with E-state index in [1.165, 1.54) is 0 Å². The van der Waals surface area contributed by atoms with Crippen LogP contribution in [-0.2, 0) is 9.53 Å². The molecular weight excluding hydrogens is 156 g/mol. The molecule has 2 N–H and O–H groups in total. The first kappa shape index (κ1) is 9.48. The van der Waals surface area contributed by atoms with Crippen LogP contribution in [0.2, 0.25) is 0 Å². The van der Waals surface area contributed by atoms with Gasteiger partial charge in [0.05, 0.1) is 6.10 Å². The zero-order valence-corrected chi connectivity index (χ0v) is 7.62. The second-order valence-corrected chi connectivity index (χ2v) is 3.24. The average molecular weight is 174 g/mol. The summed E-state index contributed by atoms with van der Waals surface area (Å²) in [6, 6.07) is 0. The highest BCUT2D eigenvalue weighted by atomic mass is 16.5. The van der Waals surface area contributed by atoms with Gasteiger partial charge in [0.15, 0.2) is 0 Å². The van der Waals surface area contributed by atoms with Gasteiger partial charge in [-0.1, -0.05) is 6.92 Å². The quantitative estimate of drug-likeness (QED) is 0.638. The minimum Gasteiger partial charge on any atom is -0.378 e. The summed E-state index contributed by atoms with van der Waals surface area (Å²) in [6.07, 6.45) is 0.235. The van der Waals surface area contributed by atoms with Gasteiger partial charge in [-0.15, -0.1) is 0 Å². The first-order valence-corrected chi connectivity index (χ1v) is 4.20. The molecule has 0 spiro atoms. The molecule has 0 aliphatic carbocycles. The van der Waals surface area contributed by atoms with E-state index in [1.807, 2.05) is 6.92 Å². The molecule has 1 aliphatic rings. The number of carbonyl (C=O) groups is 1. The Bertz CT molecular complexity index is 172. The van der Waals surface area contributed by atoms with E-state index >= 15 is 0 Å². The summed E-state index contributed by atoms with van der Waals surface area (Å²) in [5.74, 6) is 0.0913. The number of ether oxygens (including phenoxy) is 1. The summed E-state index contributed by atoms with van der Waals surface area (Å²) < 4.78 is 5.05. The van der Waals surface area contributed by atoms with Crippen LogP contribution >= 0.6 is 0 Å². The standard InChI is InChI=1S/C8H16N2O2.H2/c1-6(3-9)8(11)10-4-7(5-10)12-2;/h6-7H,3-5,9H2,1-2H3;1H. The van der Waals surface area contributed by atoms with Crippen molar-refractivity contribution in [2.24, 2.45) is 11.7 Å². The fourth-order valence-electron chi connectivity index (χ4n) is 1.18. The third kappa shape index (κ3) is 1.76. The predicted octanol–water partition coefficient (Wildman–Crippen LogP) is -0.316. The highest BCUT2D eigenvalue weighted by molar-refractivity contribution is 5.79. The number of rotatable bonds is 3. The van der Waals surface area contributed by atoms with E-state index in [-0.39, 0.29) is 19.4 Å². The molecule has 1 rings (SSSR count). The van der Waals surface area contributed by atoms with Gasteiger partial charge in [-0.05, 0) is 0 Å². The predicted molar refractivity (Wildman–Crippen MR) is 47.7 cm³/mol. The third-order valence-corrected chi connectivity index (χ3v) is 2.27. The summed E-state index contributed by atoms with van der Waals surface area (Å²) in [7, 11) is 1.67. The first-order chi connectivity index (χ1) is 5.69. The van der Waals surface area contributed by atoms with Crippen LogP contribution in [0.25, 0.3) is 0 Å². The van der Waals surface area contributed by atoms with Gasteiger partial charge in [0.1, 0.15) is 0 Å². The minimum atomic E-state index is -0.0530. The summed E-state index contributed by atoms with van der Waals surface area (Å²) in [6.45, 7) is 3.72. The summed E-state index contributed by atoms with van der Waals surface area (Å²) in [4.78, 5) is 13.2. The molecule has 1 amide bonds. The van der Waals surface area contributed by atoms with Crippen molar-refractivity contribution in [3.63, 3.8) is 0 Å². The van der Waals surface area contributed by atoms with Crippen molar-refractivity contribution in [2.45, 2.75) is 13.0 Å². The Kier molecular flexibility index (Phi) is 3.05. The lowest BCUT2D eigenvalue weighted by molar-refractivity contribution is -0.146. The van der Waals surface area contributed by atoms with Gasteiger partial charge in [0, 0.05) is 34.1 Å². The number of likely N-dealkylation sites (tertiary alicyclic amines) is 1. The lowest BCUT2D eigenvalue weighted by Crippen LogP contribution is -2.56. The number of hydrogen-bond acceptors (Lipinski definition) is 3. The van der Waals surface area contributed by atoms with E-state index < -0.39 is 0 Å². The molecule has 0 bridgehead atoms. The zero-order chi connectivity index (χ0) is 9.14. The number of hydrogen-bond donors (Lipinski definition) is 1. The van der Waals surface area contributed by atoms with E-state index in [4.69, 9.17) is 10.5 Å². The zero-order valence-electron chi connectivity index (χ0n) is 7.62. The Labute approximate surface area is 74.1 Å². The molecule has 1 unspecified atom stereocenters. The van der Waals surface area contributed by atoms with E-state index in [0.29, 0.717) is 6.54 Å². The van der Waals surface area contributed by atoms with Gasteiger partial charge in [-0.25, -0.2) is 0 Å². The van der Waals surface area contributed by atoms with E-state index in [0.717, 1.165) is 13.1 Å². The van der Waals surface area contributed by atoms with Crippen LogP contribution in [0.1, 0.15) is 8.35 Å². The fourth-order valence-corrected chi connectivity index (χ4v) is 1.18. The van der Waals surface area contributed by atoms with Crippen molar-refractivity contribution < 1.29 is 11.0 Å². The summed E-state index contributed by atoms with van der Waals surface area (Å²) >= 11 is 0. The normalized spacial score (nSPS) is 20.4. The van der Waals surface area contributed by atoms with Crippen LogP contribution in [0.3, 0.4) is 0 Å². The van der Waals surface area contributed by atoms with Crippen LogP contribution in [-0.4, -0.2) is 43.7 Å². The van der Waals surface area contributed by atoms with Crippen LogP contribution < -0.4 is 5.73 Å². The molecule has 1 atom stereocenters. The first-order valence-electron chi connectivity index (χ1n) is 4.20. The number of nitrogens with two attached hydrogens (primary N) is 1. The van der Waals surface area contributed by atoms with Crippen molar-refractivity contribution in [3.8, 4) is 0 Å². The smallest absolute Gasteiger partial charge is 0.226 e. The Morgan fingerprint density at radius 2 is 2.42 bits per heavy atom. The highest BCUT2D eigenvalue weighted by Gasteiger charge is 2.32. The Hall–Kier alpha value is -0.610. The molecular formula is C8H18N2O2. The van der Waals surface area contributed by atoms with Crippen molar-refractivity contribution in [1.82, 2.24) is 4.90 Å². The molecule has 0 aromatic heterocycles. The molecule has 1 saturated heterocycles. The third-order valence-electron chi connectivity index (χ3n) is 2.27. The molecule has 0 saturated carbocycles. The Morgan fingerprint density at radius 1 is 1.83 bits per heavy atom. The summed E-state index contributed by atoms with van der Waals surface area (Å²) in [5, 5.41) is 0. The lowest BCUT2D eigenvalue weighted by Gasteiger charge is -2.39. The maximum absolute atomic E-state index is 11.4. The van der Waals surface area contributed by atoms with Gasteiger partial charge < -0.3 is 15.4 Å². The molecule has 0 radical (unpaired) electrons. The van der Waals surface area contributed by atoms with Gasteiger partial charge in [-0.2, -0.15) is 0 Å². The van der Waals surface area contributed by atoms with Crippen molar-refractivity contribution in [2.75, 3.05) is 26.7 Å². The molecule has 4 nitrogen and oxygen atoms in total. The topological polar surface area (TPSA) is 55.6 Å². The molecule has 1 heterocycles. The van der Waals surface area contributed by atoms with E-state index in [9.17, 15) is 4.79 Å². The minimum absolute atomic E-state index is 0. The van der Waals surface area contributed by atoms with Gasteiger partial charge in [-0.3, -0.25) is 4.79 Å². The Balaban J connectivity index is 0.00000144. The second kappa shape index (κ2) is 3.87. The highest BCUT2D eigenvalue weighted by Crippen LogP contribution is 2.13. The molecule has 4 heteroatoms. The lowest BCUT2D eigenvalue weighted by atomic mass is 10.1. The largest absolute Gasteiger partial charge is 0.378 e. The average Bonchev–Trinajstić information content (AvgIpc) is 2.01. The van der Waals surface area contributed by atoms with Gasteiger partial charge >= 0.3 is 0 Å². The number of carbonyl (C=O) groups excluding carboxylic acids is 1. The van der Waals surface area contributed by atoms with Crippen molar-refractivity contribution in [1.29, 1.82) is 0 Å². The van der Waals surface area contributed by atoms with Crippen LogP contribution in [0.15, 0.2) is 0 Å². The molecule has 12 heavy (non-hydrogen) atoms.